The molecule has 0 heterocycles. The molecular weight excluding hydrogens is 532 g/mol. The van der Waals surface area contributed by atoms with Gasteiger partial charge in [-0.3, -0.25) is 0 Å². The second-order valence-electron chi connectivity index (χ2n) is 8.50. The lowest BCUT2D eigenvalue weighted by atomic mass is 9.67. The molecule has 0 spiro atoms. The standard InChI is InChI=1S/C20H28F12O4/c1-4-12(2)34-9-10-35-15(17(21,22)23,18(24,25)26)13-5-7-14(8-6-13)16(19(27,28)29,20(30,31)32)36-11-33-3/h12-14H,4-11H2,1-3H3. The first-order valence-corrected chi connectivity index (χ1v) is 10.9. The predicted molar refractivity (Wildman–Crippen MR) is 99.7 cm³/mol. The molecule has 0 aromatic rings. The highest BCUT2D eigenvalue weighted by molar-refractivity contribution is 5.07. The van der Waals surface area contributed by atoms with Crippen LogP contribution in [0.4, 0.5) is 52.7 Å². The molecule has 1 unspecified atom stereocenters. The van der Waals surface area contributed by atoms with Gasteiger partial charge in [0.1, 0.15) is 6.79 Å². The fraction of sp³-hybridized carbons (Fsp3) is 1.00. The number of methoxy groups -OCH3 is 1. The normalized spacial score (nSPS) is 22.1. The number of ether oxygens (including phenoxy) is 4. The van der Waals surface area contributed by atoms with Crippen LogP contribution in [0.25, 0.3) is 0 Å². The Hall–Kier alpha value is -1.00. The van der Waals surface area contributed by atoms with Gasteiger partial charge in [0.15, 0.2) is 0 Å². The highest BCUT2D eigenvalue weighted by Crippen LogP contribution is 2.59. The summed E-state index contributed by atoms with van der Waals surface area (Å²) >= 11 is 0. The molecule has 36 heavy (non-hydrogen) atoms. The summed E-state index contributed by atoms with van der Waals surface area (Å²) in [7, 11) is 0.748. The van der Waals surface area contributed by atoms with Crippen LogP contribution < -0.4 is 0 Å². The van der Waals surface area contributed by atoms with Crippen LogP contribution in [0.2, 0.25) is 0 Å². The van der Waals surface area contributed by atoms with Crippen LogP contribution in [-0.4, -0.2) is 69.1 Å². The molecule has 0 aromatic carbocycles. The van der Waals surface area contributed by atoms with Crippen molar-refractivity contribution < 1.29 is 71.6 Å². The summed E-state index contributed by atoms with van der Waals surface area (Å²) in [6, 6.07) is 0. The van der Waals surface area contributed by atoms with Gasteiger partial charge in [0, 0.05) is 18.9 Å². The van der Waals surface area contributed by atoms with E-state index in [2.05, 4.69) is 14.2 Å². The van der Waals surface area contributed by atoms with Crippen molar-refractivity contribution in [1.82, 2.24) is 0 Å². The van der Waals surface area contributed by atoms with E-state index in [1.807, 2.05) is 0 Å². The quantitative estimate of drug-likeness (QED) is 0.155. The molecule has 1 rings (SSSR count). The molecule has 4 nitrogen and oxygen atoms in total. The van der Waals surface area contributed by atoms with Crippen molar-refractivity contribution in [1.29, 1.82) is 0 Å². The van der Waals surface area contributed by atoms with E-state index in [1.54, 1.807) is 6.92 Å². The molecule has 1 aliphatic carbocycles. The van der Waals surface area contributed by atoms with Gasteiger partial charge in [0.25, 0.3) is 11.2 Å². The van der Waals surface area contributed by atoms with E-state index in [0.29, 0.717) is 6.42 Å². The predicted octanol–water partition coefficient (Wildman–Crippen LogP) is 6.97. The molecule has 0 aromatic heterocycles. The van der Waals surface area contributed by atoms with Crippen LogP contribution >= 0.6 is 0 Å². The zero-order valence-electron chi connectivity index (χ0n) is 19.6. The lowest BCUT2D eigenvalue weighted by molar-refractivity contribution is -0.417. The average Bonchev–Trinajstić information content (AvgIpc) is 2.70. The molecule has 0 bridgehead atoms. The summed E-state index contributed by atoms with van der Waals surface area (Å²) in [5, 5.41) is 0. The number of hydrogen-bond acceptors (Lipinski definition) is 4. The zero-order valence-corrected chi connectivity index (χ0v) is 19.6. The SMILES string of the molecule is CCC(C)OCCOC(C1CCC(C(OCOC)(C(F)(F)F)C(F)(F)F)CC1)(C(F)(F)F)C(F)(F)F. The number of rotatable bonds is 11. The number of halogens is 12. The molecule has 216 valence electrons. The Bertz CT molecular complexity index is 636. The van der Waals surface area contributed by atoms with E-state index in [9.17, 15) is 52.7 Å². The van der Waals surface area contributed by atoms with Crippen LogP contribution in [0.3, 0.4) is 0 Å². The minimum absolute atomic E-state index is 0.402. The van der Waals surface area contributed by atoms with Gasteiger partial charge >= 0.3 is 24.7 Å². The Balaban J connectivity index is 3.33. The molecule has 0 aliphatic heterocycles. The maximum absolute atomic E-state index is 13.9. The Morgan fingerprint density at radius 2 is 1.00 bits per heavy atom. The summed E-state index contributed by atoms with van der Waals surface area (Å²) in [6.45, 7) is -0.101. The summed E-state index contributed by atoms with van der Waals surface area (Å²) in [6.07, 6.45) is -29.6. The molecule has 0 saturated heterocycles. The molecular formula is C20H28F12O4. The Morgan fingerprint density at radius 1 is 0.639 bits per heavy atom. The third-order valence-corrected chi connectivity index (χ3v) is 6.36. The van der Waals surface area contributed by atoms with E-state index in [4.69, 9.17) is 4.74 Å². The molecule has 0 amide bonds. The van der Waals surface area contributed by atoms with Crippen molar-refractivity contribution in [2.45, 2.75) is 88.0 Å². The maximum atomic E-state index is 13.9. The minimum Gasteiger partial charge on any atom is -0.376 e. The van der Waals surface area contributed by atoms with Crippen molar-refractivity contribution in [2.75, 3.05) is 27.1 Å². The maximum Gasteiger partial charge on any atom is 0.426 e. The summed E-state index contributed by atoms with van der Waals surface area (Å²) < 4.78 is 183. The first kappa shape index (κ1) is 33.0. The second kappa shape index (κ2) is 11.8. The molecule has 1 saturated carbocycles. The van der Waals surface area contributed by atoms with E-state index < -0.39 is 99.5 Å². The average molecular weight is 560 g/mol. The van der Waals surface area contributed by atoms with Crippen molar-refractivity contribution in [3.05, 3.63) is 0 Å². The molecule has 0 radical (unpaired) electrons. The highest BCUT2D eigenvalue weighted by Gasteiger charge is 2.78. The summed E-state index contributed by atoms with van der Waals surface area (Å²) in [4.78, 5) is 0. The number of hydrogen-bond donors (Lipinski definition) is 0. The van der Waals surface area contributed by atoms with E-state index in [-0.39, 0.29) is 0 Å². The van der Waals surface area contributed by atoms with Gasteiger partial charge < -0.3 is 18.9 Å². The Labute approximate surface area is 199 Å². The highest BCUT2D eigenvalue weighted by atomic mass is 19.4. The first-order chi connectivity index (χ1) is 16.2. The van der Waals surface area contributed by atoms with Crippen LogP contribution in [-0.2, 0) is 18.9 Å². The first-order valence-electron chi connectivity index (χ1n) is 10.9. The van der Waals surface area contributed by atoms with Crippen LogP contribution in [0.5, 0.6) is 0 Å². The minimum atomic E-state index is -6.09. The zero-order chi connectivity index (χ0) is 28.2. The Morgan fingerprint density at radius 3 is 1.31 bits per heavy atom. The van der Waals surface area contributed by atoms with Crippen LogP contribution in [0.15, 0.2) is 0 Å². The van der Waals surface area contributed by atoms with Gasteiger partial charge in [-0.1, -0.05) is 6.92 Å². The Kier molecular flexibility index (Phi) is 10.8. The van der Waals surface area contributed by atoms with Crippen molar-refractivity contribution in [3.63, 3.8) is 0 Å². The van der Waals surface area contributed by atoms with Gasteiger partial charge in [0.2, 0.25) is 0 Å². The number of alkyl halides is 12. The van der Waals surface area contributed by atoms with Crippen molar-refractivity contribution in [2.24, 2.45) is 11.8 Å². The third-order valence-electron chi connectivity index (χ3n) is 6.36. The van der Waals surface area contributed by atoms with Gasteiger partial charge in [-0.05, 0) is 39.0 Å². The van der Waals surface area contributed by atoms with Gasteiger partial charge in [-0.2, -0.15) is 52.7 Å². The largest absolute Gasteiger partial charge is 0.426 e. The lowest BCUT2D eigenvalue weighted by Crippen LogP contribution is -2.66. The van der Waals surface area contributed by atoms with E-state index >= 15 is 0 Å². The monoisotopic (exact) mass is 560 g/mol. The van der Waals surface area contributed by atoms with E-state index in [1.165, 1.54) is 6.92 Å². The third kappa shape index (κ3) is 6.52. The van der Waals surface area contributed by atoms with Crippen LogP contribution in [0.1, 0.15) is 46.0 Å². The smallest absolute Gasteiger partial charge is 0.376 e. The molecule has 1 aliphatic rings. The molecule has 16 heteroatoms. The molecule has 0 N–H and O–H groups in total. The van der Waals surface area contributed by atoms with E-state index in [0.717, 1.165) is 7.11 Å². The summed E-state index contributed by atoms with van der Waals surface area (Å²) in [5.41, 5.74) is -9.65. The van der Waals surface area contributed by atoms with Gasteiger partial charge in [-0.15, -0.1) is 0 Å². The lowest BCUT2D eigenvalue weighted by Gasteiger charge is -2.48. The fourth-order valence-electron chi connectivity index (χ4n) is 4.44. The topological polar surface area (TPSA) is 36.9 Å². The van der Waals surface area contributed by atoms with Crippen molar-refractivity contribution >= 4 is 0 Å². The fourth-order valence-corrected chi connectivity index (χ4v) is 4.44. The molecule has 1 atom stereocenters. The summed E-state index contributed by atoms with van der Waals surface area (Å²) in [5.74, 6) is -5.02. The van der Waals surface area contributed by atoms with Crippen molar-refractivity contribution in [3.8, 4) is 0 Å². The van der Waals surface area contributed by atoms with Crippen LogP contribution in [0, 0.1) is 11.8 Å². The van der Waals surface area contributed by atoms with Gasteiger partial charge in [0.05, 0.1) is 19.3 Å². The molecule has 1 fully saturated rings. The second-order valence-corrected chi connectivity index (χ2v) is 8.50. The van der Waals surface area contributed by atoms with Gasteiger partial charge in [-0.25, -0.2) is 0 Å².